The molecule has 1 saturated heterocycles. The Balaban J connectivity index is 1.51. The fourth-order valence-corrected chi connectivity index (χ4v) is 7.83. The Morgan fingerprint density at radius 1 is 1.09 bits per heavy atom. The van der Waals surface area contributed by atoms with Gasteiger partial charge >= 0.3 is 5.97 Å². The number of imide groups is 1. The van der Waals surface area contributed by atoms with E-state index in [1.54, 1.807) is 19.1 Å². The molecule has 1 aliphatic heterocycles. The second kappa shape index (κ2) is 9.20. The van der Waals surface area contributed by atoms with Crippen LogP contribution in [-0.4, -0.2) is 42.0 Å². The lowest BCUT2D eigenvalue weighted by Gasteiger charge is -2.58. The van der Waals surface area contributed by atoms with Crippen molar-refractivity contribution in [1.82, 2.24) is 4.90 Å². The summed E-state index contributed by atoms with van der Waals surface area (Å²) in [4.78, 5) is 40.8. The highest BCUT2D eigenvalue weighted by molar-refractivity contribution is 6.08. The van der Waals surface area contributed by atoms with E-state index in [2.05, 4.69) is 19.9 Å². The summed E-state index contributed by atoms with van der Waals surface area (Å²) in [7, 11) is 0. The third-order valence-corrected chi connectivity index (χ3v) is 9.48. The van der Waals surface area contributed by atoms with Crippen molar-refractivity contribution in [2.75, 3.05) is 13.2 Å². The monoisotopic (exact) mass is 479 g/mol. The van der Waals surface area contributed by atoms with Gasteiger partial charge in [-0.3, -0.25) is 9.59 Å². The van der Waals surface area contributed by atoms with Crippen molar-refractivity contribution < 1.29 is 23.9 Å². The predicted molar refractivity (Wildman–Crippen MR) is 131 cm³/mol. The molecule has 6 atom stereocenters. The highest BCUT2D eigenvalue weighted by Gasteiger charge is 2.59. The number of hydrogen-bond acceptors (Lipinski definition) is 5. The summed E-state index contributed by atoms with van der Waals surface area (Å²) in [5.41, 5.74) is 1.34. The van der Waals surface area contributed by atoms with Crippen LogP contribution in [-0.2, 0) is 19.1 Å². The summed E-state index contributed by atoms with van der Waals surface area (Å²) in [5.74, 6) is 0.424. The molecule has 1 aromatic rings. The van der Waals surface area contributed by atoms with E-state index in [1.807, 2.05) is 18.2 Å². The van der Waals surface area contributed by atoms with Crippen molar-refractivity contribution in [3.05, 3.63) is 47.7 Å². The average Bonchev–Trinajstić information content (AvgIpc) is 3.25. The van der Waals surface area contributed by atoms with Crippen LogP contribution in [0.3, 0.4) is 0 Å². The molecular formula is C29H37NO5. The number of nitrogens with zero attached hydrogens (tertiary/aromatic N) is 1. The Kier molecular flexibility index (Phi) is 6.37. The molecule has 2 amide bonds. The SMILES string of the molecule is CCOC(=O)COC1C[C@@]2(C)C(=CC[C@@H]3[C@H]2CC[C@]2(C)CCC[C@@H]32)N(C(=O)c2ccccc2)C1=O. The second-order valence-electron chi connectivity index (χ2n) is 11.4. The Labute approximate surface area is 208 Å². The van der Waals surface area contributed by atoms with Crippen molar-refractivity contribution in [3.63, 3.8) is 0 Å². The lowest BCUT2D eigenvalue weighted by Crippen LogP contribution is -2.59. The molecule has 3 fully saturated rings. The normalized spacial score (nSPS) is 36.0. The van der Waals surface area contributed by atoms with Gasteiger partial charge in [-0.25, -0.2) is 9.69 Å². The standard InChI is InChI=1S/C29H37NO5/c1-4-34-25(31)18-35-23-17-29(3)22-14-16-28(2)15-8-11-21(28)20(22)12-13-24(29)30(27(23)33)26(32)19-9-6-5-7-10-19/h5-7,9-10,13,20-23H,4,8,11-12,14-18H2,1-3H3/t20-,21-,22+,23?,28-,29+/m0/s1. The highest BCUT2D eigenvalue weighted by Crippen LogP contribution is 2.64. The molecule has 5 rings (SSSR count). The smallest absolute Gasteiger partial charge is 0.332 e. The minimum absolute atomic E-state index is 0.258. The van der Waals surface area contributed by atoms with Crippen LogP contribution in [0.15, 0.2) is 42.1 Å². The molecule has 35 heavy (non-hydrogen) atoms. The van der Waals surface area contributed by atoms with Gasteiger partial charge in [0.05, 0.1) is 6.61 Å². The third kappa shape index (κ3) is 4.04. The van der Waals surface area contributed by atoms with Crippen LogP contribution in [0.2, 0.25) is 0 Å². The van der Waals surface area contributed by atoms with Gasteiger partial charge in [0.15, 0.2) is 0 Å². The first-order valence-corrected chi connectivity index (χ1v) is 13.2. The molecule has 0 bridgehead atoms. The number of allylic oxidation sites excluding steroid dienone is 2. The number of esters is 1. The average molecular weight is 480 g/mol. The van der Waals surface area contributed by atoms with E-state index in [0.29, 0.717) is 35.2 Å². The number of piperidine rings is 1. The van der Waals surface area contributed by atoms with E-state index in [0.717, 1.165) is 18.5 Å². The number of fused-ring (bicyclic) bond motifs is 5. The molecule has 6 nitrogen and oxygen atoms in total. The molecule has 1 heterocycles. The van der Waals surface area contributed by atoms with Crippen LogP contribution >= 0.6 is 0 Å². The molecule has 0 spiro atoms. The Bertz CT molecular complexity index is 1030. The summed E-state index contributed by atoms with van der Waals surface area (Å²) in [6, 6.07) is 8.96. The van der Waals surface area contributed by atoms with Crippen LogP contribution in [0.5, 0.6) is 0 Å². The first kappa shape index (κ1) is 24.2. The number of rotatable bonds is 5. The molecule has 6 heteroatoms. The second-order valence-corrected chi connectivity index (χ2v) is 11.4. The van der Waals surface area contributed by atoms with E-state index < -0.39 is 12.1 Å². The molecule has 0 radical (unpaired) electrons. The van der Waals surface area contributed by atoms with Gasteiger partial charge in [-0.2, -0.15) is 0 Å². The van der Waals surface area contributed by atoms with Gasteiger partial charge in [-0.15, -0.1) is 0 Å². The van der Waals surface area contributed by atoms with Crippen molar-refractivity contribution in [2.24, 2.45) is 28.6 Å². The summed E-state index contributed by atoms with van der Waals surface area (Å²) >= 11 is 0. The predicted octanol–water partition coefficient (Wildman–Crippen LogP) is 5.13. The van der Waals surface area contributed by atoms with E-state index in [9.17, 15) is 14.4 Å². The van der Waals surface area contributed by atoms with Gasteiger partial charge in [0.2, 0.25) is 0 Å². The molecule has 0 aromatic heterocycles. The summed E-state index contributed by atoms with van der Waals surface area (Å²) in [6.07, 6.45) is 8.86. The largest absolute Gasteiger partial charge is 0.464 e. The molecule has 1 aromatic carbocycles. The molecule has 188 valence electrons. The van der Waals surface area contributed by atoms with Crippen molar-refractivity contribution >= 4 is 17.8 Å². The van der Waals surface area contributed by atoms with Gasteiger partial charge in [-0.1, -0.05) is 44.5 Å². The highest BCUT2D eigenvalue weighted by atomic mass is 16.6. The lowest BCUT2D eigenvalue weighted by molar-refractivity contribution is -0.162. The molecule has 4 aliphatic rings. The third-order valence-electron chi connectivity index (χ3n) is 9.48. The molecule has 0 N–H and O–H groups in total. The van der Waals surface area contributed by atoms with Crippen molar-refractivity contribution in [3.8, 4) is 0 Å². The molecular weight excluding hydrogens is 442 g/mol. The maximum atomic E-state index is 13.7. The number of amides is 2. The van der Waals surface area contributed by atoms with E-state index in [-0.39, 0.29) is 30.4 Å². The number of likely N-dealkylation sites (tertiary alicyclic amines) is 1. The topological polar surface area (TPSA) is 72.9 Å². The summed E-state index contributed by atoms with van der Waals surface area (Å²) in [6.45, 7) is 6.38. The van der Waals surface area contributed by atoms with E-state index in [4.69, 9.17) is 9.47 Å². The van der Waals surface area contributed by atoms with Crippen LogP contribution in [0, 0.1) is 28.6 Å². The number of benzene rings is 1. The van der Waals surface area contributed by atoms with Crippen molar-refractivity contribution in [2.45, 2.75) is 71.8 Å². The zero-order valence-corrected chi connectivity index (χ0v) is 21.1. The Hall–Kier alpha value is -2.47. The maximum absolute atomic E-state index is 13.7. The maximum Gasteiger partial charge on any atom is 0.332 e. The fourth-order valence-electron chi connectivity index (χ4n) is 7.83. The van der Waals surface area contributed by atoms with Gasteiger partial charge in [0, 0.05) is 16.7 Å². The van der Waals surface area contributed by atoms with Crippen LogP contribution in [0.4, 0.5) is 0 Å². The van der Waals surface area contributed by atoms with E-state index >= 15 is 0 Å². The zero-order valence-electron chi connectivity index (χ0n) is 21.1. The Morgan fingerprint density at radius 2 is 1.86 bits per heavy atom. The summed E-state index contributed by atoms with van der Waals surface area (Å²) < 4.78 is 10.9. The molecule has 3 aliphatic carbocycles. The van der Waals surface area contributed by atoms with Crippen LogP contribution in [0.1, 0.15) is 76.1 Å². The van der Waals surface area contributed by atoms with Gasteiger partial charge in [-0.05, 0) is 80.8 Å². The quantitative estimate of drug-likeness (QED) is 0.432. The van der Waals surface area contributed by atoms with Gasteiger partial charge in [0.25, 0.3) is 11.8 Å². The van der Waals surface area contributed by atoms with Crippen LogP contribution in [0.25, 0.3) is 0 Å². The summed E-state index contributed by atoms with van der Waals surface area (Å²) in [5, 5.41) is 0. The fraction of sp³-hybridized carbons (Fsp3) is 0.621. The number of ether oxygens (including phenoxy) is 2. The van der Waals surface area contributed by atoms with E-state index in [1.165, 1.54) is 30.6 Å². The molecule has 2 saturated carbocycles. The van der Waals surface area contributed by atoms with Crippen LogP contribution < -0.4 is 0 Å². The minimum atomic E-state index is -0.857. The van der Waals surface area contributed by atoms with Gasteiger partial charge in [0.1, 0.15) is 12.7 Å². The first-order chi connectivity index (χ1) is 16.8. The number of hydrogen-bond donors (Lipinski definition) is 0. The minimum Gasteiger partial charge on any atom is -0.464 e. The van der Waals surface area contributed by atoms with Gasteiger partial charge < -0.3 is 9.47 Å². The Morgan fingerprint density at radius 3 is 2.60 bits per heavy atom. The first-order valence-electron chi connectivity index (χ1n) is 13.2. The molecule has 1 unspecified atom stereocenters. The van der Waals surface area contributed by atoms with Crippen molar-refractivity contribution in [1.29, 1.82) is 0 Å². The zero-order chi connectivity index (χ0) is 24.8. The number of carbonyl (C=O) groups is 3. The lowest BCUT2D eigenvalue weighted by atomic mass is 9.49. The number of carbonyl (C=O) groups excluding carboxylic acids is 3.